The van der Waals surface area contributed by atoms with Crippen LogP contribution in [0.1, 0.15) is 44.0 Å². The second-order valence-electron chi connectivity index (χ2n) is 9.81. The number of carboxylic acids is 1. The monoisotopic (exact) mass is 543 g/mol. The summed E-state index contributed by atoms with van der Waals surface area (Å²) in [6.45, 7) is 2.14. The van der Waals surface area contributed by atoms with Gasteiger partial charge in [0.1, 0.15) is 18.5 Å². The minimum absolute atomic E-state index is 0.223. The fourth-order valence-electron chi connectivity index (χ4n) is 5.54. The molecule has 0 saturated heterocycles. The fourth-order valence-corrected chi connectivity index (χ4v) is 5.81. The van der Waals surface area contributed by atoms with Gasteiger partial charge in [-0.3, -0.25) is 9.36 Å². The maximum absolute atomic E-state index is 14.5. The molecule has 6 rings (SSSR count). The number of halogens is 2. The number of hydrogen-bond donors (Lipinski definition) is 2. The van der Waals surface area contributed by atoms with E-state index in [1.54, 1.807) is 34.9 Å². The van der Waals surface area contributed by atoms with Crippen LogP contribution in [0.5, 0.6) is 0 Å². The van der Waals surface area contributed by atoms with Gasteiger partial charge in [0.25, 0.3) is 5.91 Å². The minimum Gasteiger partial charge on any atom is -0.478 e. The lowest BCUT2D eigenvalue weighted by molar-refractivity contribution is 0.0693. The van der Waals surface area contributed by atoms with Gasteiger partial charge in [-0.15, -0.1) is 10.2 Å². The van der Waals surface area contributed by atoms with E-state index in [1.807, 2.05) is 29.7 Å². The molecule has 0 fully saturated rings. The molecule has 3 aromatic carbocycles. The first-order valence-corrected chi connectivity index (χ1v) is 12.7. The van der Waals surface area contributed by atoms with Gasteiger partial charge < -0.3 is 15.0 Å². The molecule has 1 aliphatic heterocycles. The first-order valence-electron chi connectivity index (χ1n) is 12.3. The van der Waals surface area contributed by atoms with Crippen LogP contribution in [0.15, 0.2) is 73.3 Å². The number of fused-ring (bicyclic) bond motifs is 3. The van der Waals surface area contributed by atoms with Crippen molar-refractivity contribution in [1.82, 2.24) is 24.6 Å². The number of rotatable bonds is 5. The van der Waals surface area contributed by atoms with Gasteiger partial charge in [-0.1, -0.05) is 35.4 Å². The Balaban J connectivity index is 1.44. The molecule has 10 heteroatoms. The molecule has 0 radical (unpaired) electrons. The van der Waals surface area contributed by atoms with Crippen LogP contribution < -0.4 is 5.32 Å². The highest BCUT2D eigenvalue weighted by molar-refractivity contribution is 6.34. The van der Waals surface area contributed by atoms with Gasteiger partial charge in [-0.2, -0.15) is 0 Å². The molecule has 0 saturated carbocycles. The summed E-state index contributed by atoms with van der Waals surface area (Å²) in [5.41, 5.74) is 3.16. The predicted molar refractivity (Wildman–Crippen MR) is 144 cm³/mol. The zero-order valence-electron chi connectivity index (χ0n) is 20.9. The van der Waals surface area contributed by atoms with Crippen LogP contribution >= 0.6 is 11.6 Å². The number of aromatic nitrogens is 4. The zero-order valence-corrected chi connectivity index (χ0v) is 21.6. The van der Waals surface area contributed by atoms with Crippen LogP contribution in [0.3, 0.4) is 0 Å². The summed E-state index contributed by atoms with van der Waals surface area (Å²) >= 11 is 6.54. The summed E-state index contributed by atoms with van der Waals surface area (Å²) in [5.74, 6) is -1.85. The average molecular weight is 544 g/mol. The smallest absolute Gasteiger partial charge is 0.338 e. The maximum Gasteiger partial charge on any atom is 0.338 e. The number of nitrogens with one attached hydrogen (secondary N) is 1. The number of hydrogen-bond acceptors (Lipinski definition) is 4. The second-order valence-corrected chi connectivity index (χ2v) is 10.2. The first kappa shape index (κ1) is 24.8. The number of aromatic carboxylic acids is 1. The minimum atomic E-state index is -1.02. The average Bonchev–Trinajstić information content (AvgIpc) is 3.54. The van der Waals surface area contributed by atoms with Crippen LogP contribution in [0, 0.1) is 12.7 Å². The number of nitrogens with zero attached hydrogens (tertiary/aromatic N) is 4. The summed E-state index contributed by atoms with van der Waals surface area (Å²) in [4.78, 5) is 26.0. The molecule has 0 unspecified atom stereocenters. The molecule has 0 aliphatic carbocycles. The van der Waals surface area contributed by atoms with E-state index in [4.69, 9.17) is 11.6 Å². The Morgan fingerprint density at radius 3 is 2.59 bits per heavy atom. The number of benzene rings is 3. The fraction of sp³-hybridized carbons (Fsp3) is 0.172. The van der Waals surface area contributed by atoms with E-state index >= 15 is 0 Å². The molecule has 8 nitrogen and oxygen atoms in total. The van der Waals surface area contributed by atoms with Gasteiger partial charge in [0, 0.05) is 22.3 Å². The number of carboxylic acid groups (broad SMARTS) is 1. The van der Waals surface area contributed by atoms with Crippen molar-refractivity contribution in [2.24, 2.45) is 0 Å². The molecule has 39 heavy (non-hydrogen) atoms. The van der Waals surface area contributed by atoms with Crippen LogP contribution in [0.4, 0.5) is 4.39 Å². The number of aryl methyl sites for hydroxylation is 1. The molecule has 5 aromatic rings. The van der Waals surface area contributed by atoms with Crippen molar-refractivity contribution in [2.45, 2.75) is 31.8 Å². The molecule has 2 aromatic heterocycles. The van der Waals surface area contributed by atoms with E-state index < -0.39 is 23.2 Å². The normalized spacial score (nSPS) is 16.7. The van der Waals surface area contributed by atoms with Crippen LogP contribution in [0.25, 0.3) is 16.6 Å². The third-order valence-corrected chi connectivity index (χ3v) is 7.71. The quantitative estimate of drug-likeness (QED) is 0.313. The Morgan fingerprint density at radius 2 is 1.87 bits per heavy atom. The van der Waals surface area contributed by atoms with Crippen LogP contribution in [0.2, 0.25) is 5.02 Å². The zero-order chi connectivity index (χ0) is 27.3. The molecule has 3 heterocycles. The Morgan fingerprint density at radius 1 is 1.08 bits per heavy atom. The van der Waals surface area contributed by atoms with E-state index in [1.165, 1.54) is 24.8 Å². The van der Waals surface area contributed by atoms with Crippen LogP contribution in [-0.4, -0.2) is 36.3 Å². The number of carbonyl (C=O) groups is 2. The molecular weight excluding hydrogens is 521 g/mol. The number of amides is 1. The van der Waals surface area contributed by atoms with E-state index in [0.717, 1.165) is 11.1 Å². The van der Waals surface area contributed by atoms with Gasteiger partial charge in [0.05, 0.1) is 28.2 Å². The molecule has 196 valence electrons. The molecule has 0 spiro atoms. The third kappa shape index (κ3) is 4.24. The second kappa shape index (κ2) is 9.36. The van der Waals surface area contributed by atoms with Crippen molar-refractivity contribution >= 4 is 34.4 Å². The summed E-state index contributed by atoms with van der Waals surface area (Å²) in [6.07, 6.45) is 3.79. The van der Waals surface area contributed by atoms with Gasteiger partial charge in [-0.25, -0.2) is 9.18 Å². The predicted octanol–water partition coefficient (Wildman–Crippen LogP) is 5.29. The van der Waals surface area contributed by atoms with Gasteiger partial charge in [0.15, 0.2) is 0 Å². The lowest BCUT2D eigenvalue weighted by Crippen LogP contribution is -2.51. The van der Waals surface area contributed by atoms with Crippen molar-refractivity contribution in [1.29, 1.82) is 0 Å². The molecule has 2 N–H and O–H groups in total. The largest absolute Gasteiger partial charge is 0.478 e. The Labute approximate surface area is 227 Å². The molecule has 1 aliphatic rings. The summed E-state index contributed by atoms with van der Waals surface area (Å²) in [7, 11) is 0. The molecular formula is C29H23ClFN5O3. The summed E-state index contributed by atoms with van der Waals surface area (Å²) < 4.78 is 18.1. The molecule has 1 atom stereocenters. The highest BCUT2D eigenvalue weighted by atomic mass is 35.5. The van der Waals surface area contributed by atoms with Gasteiger partial charge in [-0.05, 0) is 67.8 Å². The Bertz CT molecular complexity index is 1760. The highest BCUT2D eigenvalue weighted by Crippen LogP contribution is 2.40. The highest BCUT2D eigenvalue weighted by Gasteiger charge is 2.41. The Kier molecular flexibility index (Phi) is 5.95. The van der Waals surface area contributed by atoms with Crippen molar-refractivity contribution in [3.63, 3.8) is 0 Å². The summed E-state index contributed by atoms with van der Waals surface area (Å²) in [6, 6.07) is 16.8. The van der Waals surface area contributed by atoms with Crippen molar-refractivity contribution in [3.8, 4) is 5.69 Å². The topological polar surface area (TPSA) is 102 Å². The lowest BCUT2D eigenvalue weighted by atomic mass is 9.81. The van der Waals surface area contributed by atoms with E-state index in [9.17, 15) is 19.1 Å². The van der Waals surface area contributed by atoms with Gasteiger partial charge in [0.2, 0.25) is 0 Å². The number of carbonyl (C=O) groups excluding carboxylic acids is 1. The summed E-state index contributed by atoms with van der Waals surface area (Å²) in [5, 5.41) is 21.7. The van der Waals surface area contributed by atoms with Gasteiger partial charge >= 0.3 is 5.97 Å². The third-order valence-electron chi connectivity index (χ3n) is 7.40. The van der Waals surface area contributed by atoms with Crippen molar-refractivity contribution < 1.29 is 19.1 Å². The lowest BCUT2D eigenvalue weighted by Gasteiger charge is -2.40. The molecule has 1 amide bonds. The van der Waals surface area contributed by atoms with E-state index in [0.29, 0.717) is 35.2 Å². The maximum atomic E-state index is 14.5. The van der Waals surface area contributed by atoms with Crippen LogP contribution in [-0.2, 0) is 18.5 Å². The Hall–Kier alpha value is -4.50. The van der Waals surface area contributed by atoms with E-state index in [2.05, 4.69) is 15.5 Å². The first-order chi connectivity index (χ1) is 18.8. The van der Waals surface area contributed by atoms with Crippen molar-refractivity contribution in [3.05, 3.63) is 112 Å². The molecule has 0 bridgehead atoms. The SMILES string of the molecule is Cc1ccc2c(c1)c(C(=O)O)c1n2C[C@@](NC(=O)c2ccc(-n3cnnc3)cc2Cl)(c2cccc(F)c2)CC1. The standard InChI is InChI=1S/C29H23ClFN5O3/c1-17-5-8-24-22(11-17)26(28(38)39)25-9-10-29(14-36(24)25,18-3-2-4-19(31)12-18)34-27(37)21-7-6-20(13-23(21)30)35-15-32-33-16-35/h2-8,11-13,15-16H,9-10,14H2,1H3,(H,34,37)(H,38,39)/t29-/m1/s1. The van der Waals surface area contributed by atoms with Crippen molar-refractivity contribution in [2.75, 3.05) is 0 Å². The van der Waals surface area contributed by atoms with E-state index in [-0.39, 0.29) is 22.7 Å².